The van der Waals surface area contributed by atoms with Crippen LogP contribution < -0.4 is 5.32 Å². The number of carbonyl (C=O) groups excluding carboxylic acids is 2. The summed E-state index contributed by atoms with van der Waals surface area (Å²) in [6.45, 7) is 0.655. The highest BCUT2D eigenvalue weighted by molar-refractivity contribution is 5.98. The van der Waals surface area contributed by atoms with E-state index in [0.717, 1.165) is 24.0 Å². The zero-order chi connectivity index (χ0) is 29.0. The topological polar surface area (TPSA) is 128 Å². The Bertz CT molecular complexity index is 1380. The van der Waals surface area contributed by atoms with Crippen molar-refractivity contribution in [2.75, 3.05) is 26.7 Å². The van der Waals surface area contributed by atoms with Gasteiger partial charge in [0.2, 0.25) is 5.91 Å². The summed E-state index contributed by atoms with van der Waals surface area (Å²) in [7, 11) is 1.56. The maximum absolute atomic E-state index is 14.3. The van der Waals surface area contributed by atoms with E-state index in [0.29, 0.717) is 25.0 Å². The Balaban J connectivity index is 1.54. The Morgan fingerprint density at radius 3 is 2.41 bits per heavy atom. The monoisotopic (exact) mass is 559 g/mol. The molecule has 1 aliphatic heterocycles. The van der Waals surface area contributed by atoms with Gasteiger partial charge < -0.3 is 29.9 Å². The van der Waals surface area contributed by atoms with Crippen LogP contribution in [0.3, 0.4) is 0 Å². The number of hydrogen-bond donors (Lipinski definition) is 3. The van der Waals surface area contributed by atoms with Gasteiger partial charge in [-0.25, -0.2) is 9.78 Å². The summed E-state index contributed by atoms with van der Waals surface area (Å²) in [4.78, 5) is 46.3. The van der Waals surface area contributed by atoms with Crippen molar-refractivity contribution >= 4 is 17.9 Å². The fourth-order valence-corrected chi connectivity index (χ4v) is 6.30. The zero-order valence-electron chi connectivity index (χ0n) is 23.3. The van der Waals surface area contributed by atoms with Crippen LogP contribution in [0.4, 0.5) is 4.79 Å². The molecule has 3 aromatic rings. The number of amides is 3. The van der Waals surface area contributed by atoms with Crippen molar-refractivity contribution < 1.29 is 24.6 Å². The van der Waals surface area contributed by atoms with E-state index in [1.165, 1.54) is 4.90 Å². The SMILES string of the molecule is CNC(=O)CC1(O)CCCC[C@@H]1n1cnc(C(=O)N2CCN(C(=O)O)C[C@H]2Cc2ccccc2)c1-c1ccccc1. The van der Waals surface area contributed by atoms with E-state index >= 15 is 0 Å². The molecule has 2 aromatic carbocycles. The molecule has 3 N–H and O–H groups in total. The second-order valence-corrected chi connectivity index (χ2v) is 11.0. The number of nitrogens with one attached hydrogen (secondary N) is 1. The molecule has 41 heavy (non-hydrogen) atoms. The average Bonchev–Trinajstić information content (AvgIpc) is 3.42. The van der Waals surface area contributed by atoms with Gasteiger partial charge in [-0.1, -0.05) is 73.5 Å². The van der Waals surface area contributed by atoms with Crippen molar-refractivity contribution in [1.82, 2.24) is 24.7 Å². The molecule has 10 heteroatoms. The van der Waals surface area contributed by atoms with Crippen molar-refractivity contribution in [2.45, 2.75) is 56.2 Å². The van der Waals surface area contributed by atoms with Gasteiger partial charge in [-0.05, 0) is 24.8 Å². The van der Waals surface area contributed by atoms with E-state index in [9.17, 15) is 24.6 Å². The van der Waals surface area contributed by atoms with Gasteiger partial charge in [-0.3, -0.25) is 9.59 Å². The molecule has 3 amide bonds. The Morgan fingerprint density at radius 2 is 1.73 bits per heavy atom. The minimum atomic E-state index is -1.29. The maximum Gasteiger partial charge on any atom is 0.407 e. The third kappa shape index (κ3) is 5.97. The van der Waals surface area contributed by atoms with Crippen LogP contribution in [0.5, 0.6) is 0 Å². The van der Waals surface area contributed by atoms with Crippen LogP contribution >= 0.6 is 0 Å². The van der Waals surface area contributed by atoms with Gasteiger partial charge in [0.05, 0.1) is 36.1 Å². The minimum absolute atomic E-state index is 0.0415. The molecule has 0 bridgehead atoms. The first-order chi connectivity index (χ1) is 19.8. The van der Waals surface area contributed by atoms with Crippen LogP contribution in [0, 0.1) is 0 Å². The molecule has 1 aromatic heterocycles. The van der Waals surface area contributed by atoms with E-state index in [-0.39, 0.29) is 49.6 Å². The third-order valence-corrected chi connectivity index (χ3v) is 8.41. The van der Waals surface area contributed by atoms with Gasteiger partial charge in [-0.2, -0.15) is 0 Å². The molecule has 1 aliphatic carbocycles. The molecule has 5 rings (SSSR count). The van der Waals surface area contributed by atoms with E-state index in [1.807, 2.05) is 65.2 Å². The van der Waals surface area contributed by atoms with E-state index < -0.39 is 17.7 Å². The Morgan fingerprint density at radius 1 is 1.02 bits per heavy atom. The molecule has 10 nitrogen and oxygen atoms in total. The fourth-order valence-electron chi connectivity index (χ4n) is 6.30. The standard InChI is InChI=1S/C31H37N5O5/c1-32-26(37)19-31(41)15-9-8-14-25(31)36-21-33-27(28(36)23-12-6-3-7-13-23)29(38)35-17-16-34(30(39)40)20-24(35)18-22-10-4-2-5-11-22/h2-7,10-13,21,24-25,41H,8-9,14-20H2,1H3,(H,32,37)(H,39,40)/t24-,25+,31?/m1/s1. The molecule has 1 unspecified atom stereocenters. The molecule has 2 aliphatic rings. The molecule has 3 atom stereocenters. The first kappa shape index (κ1) is 28.4. The number of aliphatic hydroxyl groups is 1. The molecular weight excluding hydrogens is 522 g/mol. The van der Waals surface area contributed by atoms with E-state index in [4.69, 9.17) is 0 Å². The van der Waals surface area contributed by atoms with Crippen LogP contribution in [0.15, 0.2) is 67.0 Å². The van der Waals surface area contributed by atoms with Crippen LogP contribution in [0.25, 0.3) is 11.3 Å². The second-order valence-electron chi connectivity index (χ2n) is 11.0. The summed E-state index contributed by atoms with van der Waals surface area (Å²) in [6, 6.07) is 18.4. The molecule has 1 saturated carbocycles. The average molecular weight is 560 g/mol. The number of aromatic nitrogens is 2. The lowest BCUT2D eigenvalue weighted by atomic mass is 9.77. The first-order valence-corrected chi connectivity index (χ1v) is 14.2. The molecule has 0 radical (unpaired) electrons. The number of benzene rings is 2. The van der Waals surface area contributed by atoms with Crippen molar-refractivity contribution in [3.05, 3.63) is 78.2 Å². The molecule has 2 fully saturated rings. The van der Waals surface area contributed by atoms with Crippen LogP contribution in [-0.2, 0) is 11.2 Å². The van der Waals surface area contributed by atoms with E-state index in [1.54, 1.807) is 18.3 Å². The molecule has 2 heterocycles. The second kappa shape index (κ2) is 12.1. The van der Waals surface area contributed by atoms with Gasteiger partial charge in [-0.15, -0.1) is 0 Å². The highest BCUT2D eigenvalue weighted by Gasteiger charge is 2.44. The van der Waals surface area contributed by atoms with Gasteiger partial charge in [0.1, 0.15) is 0 Å². The fraction of sp³-hybridized carbons (Fsp3) is 0.419. The summed E-state index contributed by atoms with van der Waals surface area (Å²) in [6.07, 6.45) is 3.87. The van der Waals surface area contributed by atoms with Crippen LogP contribution in [-0.4, -0.2) is 85.8 Å². The minimum Gasteiger partial charge on any atom is -0.465 e. The summed E-state index contributed by atoms with van der Waals surface area (Å²) in [5.41, 5.74) is 1.36. The maximum atomic E-state index is 14.3. The highest BCUT2D eigenvalue weighted by atomic mass is 16.4. The van der Waals surface area contributed by atoms with Crippen LogP contribution in [0.2, 0.25) is 0 Å². The number of imidazole rings is 1. The lowest BCUT2D eigenvalue weighted by molar-refractivity contribution is -0.129. The number of carbonyl (C=O) groups is 3. The zero-order valence-corrected chi connectivity index (χ0v) is 23.3. The predicted molar refractivity (Wildman–Crippen MR) is 153 cm³/mol. The van der Waals surface area contributed by atoms with Crippen LogP contribution in [0.1, 0.15) is 54.2 Å². The first-order valence-electron chi connectivity index (χ1n) is 14.2. The number of nitrogens with zero attached hydrogens (tertiary/aromatic N) is 4. The molecule has 216 valence electrons. The Kier molecular flexibility index (Phi) is 8.39. The number of hydrogen-bond acceptors (Lipinski definition) is 5. The summed E-state index contributed by atoms with van der Waals surface area (Å²) in [5, 5.41) is 24.1. The Hall–Kier alpha value is -4.18. The van der Waals surface area contributed by atoms with E-state index in [2.05, 4.69) is 10.3 Å². The predicted octanol–water partition coefficient (Wildman–Crippen LogP) is 3.58. The molecular formula is C31H37N5O5. The number of rotatable bonds is 7. The third-order valence-electron chi connectivity index (χ3n) is 8.41. The van der Waals surface area contributed by atoms with Gasteiger partial charge in [0, 0.05) is 32.2 Å². The van der Waals surface area contributed by atoms with Crippen molar-refractivity contribution in [3.8, 4) is 11.3 Å². The highest BCUT2D eigenvalue weighted by Crippen LogP contribution is 2.42. The quantitative estimate of drug-likeness (QED) is 0.406. The summed E-state index contributed by atoms with van der Waals surface area (Å²) >= 11 is 0. The molecule has 0 spiro atoms. The summed E-state index contributed by atoms with van der Waals surface area (Å²) < 4.78 is 1.88. The summed E-state index contributed by atoms with van der Waals surface area (Å²) in [5.74, 6) is -0.517. The normalized spacial score (nSPS) is 22.8. The Labute approximate surface area is 239 Å². The smallest absolute Gasteiger partial charge is 0.407 e. The lowest BCUT2D eigenvalue weighted by Gasteiger charge is -2.41. The molecule has 1 saturated heterocycles. The van der Waals surface area contributed by atoms with Gasteiger partial charge in [0.15, 0.2) is 5.69 Å². The van der Waals surface area contributed by atoms with Gasteiger partial charge >= 0.3 is 6.09 Å². The van der Waals surface area contributed by atoms with Gasteiger partial charge in [0.25, 0.3) is 5.91 Å². The number of carboxylic acid groups (broad SMARTS) is 1. The van der Waals surface area contributed by atoms with Crippen molar-refractivity contribution in [2.24, 2.45) is 0 Å². The lowest BCUT2D eigenvalue weighted by Crippen LogP contribution is -2.57. The largest absolute Gasteiger partial charge is 0.465 e. The number of piperazine rings is 1. The van der Waals surface area contributed by atoms with Crippen molar-refractivity contribution in [3.63, 3.8) is 0 Å². The van der Waals surface area contributed by atoms with Crippen molar-refractivity contribution in [1.29, 1.82) is 0 Å².